The van der Waals surface area contributed by atoms with Crippen LogP contribution in [0.1, 0.15) is 53.3 Å². The summed E-state index contributed by atoms with van der Waals surface area (Å²) in [7, 11) is 2.14. The van der Waals surface area contributed by atoms with Crippen LogP contribution < -0.4 is 10.2 Å². The number of nitrogens with zero attached hydrogens (tertiary/aromatic N) is 4. The SMILES string of the molecule is Cc1nc2c(c(N(C)Cc3n[nH]c4c3CCCCC4)n1)CCNCC2. The van der Waals surface area contributed by atoms with Crippen LogP contribution in [0, 0.1) is 6.92 Å². The lowest BCUT2D eigenvalue weighted by Gasteiger charge is -2.22. The quantitative estimate of drug-likeness (QED) is 0.838. The lowest BCUT2D eigenvalue weighted by Crippen LogP contribution is -2.22. The first-order valence-corrected chi connectivity index (χ1v) is 9.55. The zero-order valence-corrected chi connectivity index (χ0v) is 15.4. The second-order valence-electron chi connectivity index (χ2n) is 7.31. The van der Waals surface area contributed by atoms with E-state index in [-0.39, 0.29) is 0 Å². The van der Waals surface area contributed by atoms with Crippen molar-refractivity contribution < 1.29 is 0 Å². The third-order valence-electron chi connectivity index (χ3n) is 5.41. The van der Waals surface area contributed by atoms with Crippen LogP contribution in [-0.2, 0) is 32.2 Å². The van der Waals surface area contributed by atoms with Gasteiger partial charge < -0.3 is 10.2 Å². The molecule has 0 unspecified atom stereocenters. The van der Waals surface area contributed by atoms with Gasteiger partial charge in [0.1, 0.15) is 11.6 Å². The molecule has 0 radical (unpaired) electrons. The van der Waals surface area contributed by atoms with Crippen LogP contribution in [-0.4, -0.2) is 40.3 Å². The minimum atomic E-state index is 0.808. The van der Waals surface area contributed by atoms with Crippen LogP contribution in [0.5, 0.6) is 0 Å². The van der Waals surface area contributed by atoms with Crippen LogP contribution in [0.25, 0.3) is 0 Å². The third kappa shape index (κ3) is 3.40. The van der Waals surface area contributed by atoms with E-state index >= 15 is 0 Å². The molecule has 0 atom stereocenters. The molecule has 134 valence electrons. The molecular weight excluding hydrogens is 312 g/mol. The summed E-state index contributed by atoms with van der Waals surface area (Å²) in [5.74, 6) is 1.94. The highest BCUT2D eigenvalue weighted by molar-refractivity contribution is 5.50. The first-order chi connectivity index (χ1) is 12.2. The van der Waals surface area contributed by atoms with Crippen LogP contribution >= 0.6 is 0 Å². The number of nitrogens with one attached hydrogen (secondary N) is 2. The number of rotatable bonds is 3. The summed E-state index contributed by atoms with van der Waals surface area (Å²) in [5.41, 5.74) is 6.50. The van der Waals surface area contributed by atoms with Gasteiger partial charge in [0.2, 0.25) is 0 Å². The molecule has 3 heterocycles. The number of fused-ring (bicyclic) bond motifs is 2. The van der Waals surface area contributed by atoms with Gasteiger partial charge in [-0.15, -0.1) is 0 Å². The number of aryl methyl sites for hydroxylation is 2. The molecule has 0 saturated carbocycles. The van der Waals surface area contributed by atoms with E-state index in [1.165, 1.54) is 47.5 Å². The molecule has 2 aromatic heterocycles. The highest BCUT2D eigenvalue weighted by atomic mass is 15.2. The van der Waals surface area contributed by atoms with Gasteiger partial charge in [-0.2, -0.15) is 5.10 Å². The third-order valence-corrected chi connectivity index (χ3v) is 5.41. The molecule has 25 heavy (non-hydrogen) atoms. The highest BCUT2D eigenvalue weighted by Crippen LogP contribution is 2.26. The predicted octanol–water partition coefficient (Wildman–Crippen LogP) is 2.10. The maximum Gasteiger partial charge on any atom is 0.135 e. The van der Waals surface area contributed by atoms with Crippen LogP contribution in [0.15, 0.2) is 0 Å². The second-order valence-corrected chi connectivity index (χ2v) is 7.31. The van der Waals surface area contributed by atoms with Gasteiger partial charge in [-0.05, 0) is 51.1 Å². The zero-order valence-electron chi connectivity index (χ0n) is 15.4. The van der Waals surface area contributed by atoms with Gasteiger partial charge in [-0.1, -0.05) is 6.42 Å². The van der Waals surface area contributed by atoms with Gasteiger partial charge >= 0.3 is 0 Å². The highest BCUT2D eigenvalue weighted by Gasteiger charge is 2.21. The Morgan fingerprint density at radius 2 is 1.80 bits per heavy atom. The Kier molecular flexibility index (Phi) is 4.70. The standard InChI is InChI=1S/C19H28N6/c1-13-21-16-9-11-20-10-8-15(16)19(22-13)25(2)12-18-14-6-4-3-5-7-17(14)23-24-18/h20H,3-12H2,1-2H3,(H,23,24). The molecule has 0 aromatic carbocycles. The summed E-state index contributed by atoms with van der Waals surface area (Å²) in [6.07, 6.45) is 8.14. The zero-order chi connectivity index (χ0) is 17.2. The number of aromatic amines is 1. The summed E-state index contributed by atoms with van der Waals surface area (Å²) in [4.78, 5) is 11.7. The molecule has 6 nitrogen and oxygen atoms in total. The van der Waals surface area contributed by atoms with E-state index in [4.69, 9.17) is 9.97 Å². The molecule has 0 bridgehead atoms. The van der Waals surface area contributed by atoms with Crippen molar-refractivity contribution in [1.82, 2.24) is 25.5 Å². The molecule has 0 amide bonds. The van der Waals surface area contributed by atoms with Crippen molar-refractivity contribution in [2.24, 2.45) is 0 Å². The average molecular weight is 340 g/mol. The lowest BCUT2D eigenvalue weighted by atomic mass is 10.1. The summed E-state index contributed by atoms with van der Waals surface area (Å²) in [5, 5.41) is 11.4. The Hall–Kier alpha value is -1.95. The van der Waals surface area contributed by atoms with Gasteiger partial charge in [0.25, 0.3) is 0 Å². The minimum Gasteiger partial charge on any atom is -0.353 e. The summed E-state index contributed by atoms with van der Waals surface area (Å²) in [6, 6.07) is 0. The van der Waals surface area contributed by atoms with E-state index < -0.39 is 0 Å². The normalized spacial score (nSPS) is 17.4. The lowest BCUT2D eigenvalue weighted by molar-refractivity contribution is 0.696. The monoisotopic (exact) mass is 340 g/mol. The second kappa shape index (κ2) is 7.12. The average Bonchev–Trinajstić information content (AvgIpc) is 2.80. The molecule has 0 spiro atoms. The Balaban J connectivity index is 1.63. The predicted molar refractivity (Wildman–Crippen MR) is 99.0 cm³/mol. The Labute approximate surface area is 149 Å². The Morgan fingerprint density at radius 3 is 2.72 bits per heavy atom. The van der Waals surface area contributed by atoms with Gasteiger partial charge in [0.15, 0.2) is 0 Å². The van der Waals surface area contributed by atoms with Crippen molar-refractivity contribution in [3.8, 4) is 0 Å². The van der Waals surface area contributed by atoms with Crippen LogP contribution in [0.4, 0.5) is 5.82 Å². The van der Waals surface area contributed by atoms with Crippen molar-refractivity contribution in [3.63, 3.8) is 0 Å². The van der Waals surface area contributed by atoms with Gasteiger partial charge in [0.05, 0.1) is 17.9 Å². The number of H-pyrrole nitrogens is 1. The van der Waals surface area contributed by atoms with Crippen LogP contribution in [0.3, 0.4) is 0 Å². The van der Waals surface area contributed by atoms with Crippen molar-refractivity contribution in [3.05, 3.63) is 34.0 Å². The van der Waals surface area contributed by atoms with Crippen molar-refractivity contribution in [2.45, 2.75) is 58.4 Å². The van der Waals surface area contributed by atoms with E-state index in [0.29, 0.717) is 0 Å². The summed E-state index contributed by atoms with van der Waals surface area (Å²) in [6.45, 7) is 4.80. The topological polar surface area (TPSA) is 69.7 Å². The maximum absolute atomic E-state index is 4.79. The van der Waals surface area contributed by atoms with Gasteiger partial charge in [-0.3, -0.25) is 5.10 Å². The molecule has 6 heteroatoms. The van der Waals surface area contributed by atoms with Gasteiger partial charge in [-0.25, -0.2) is 9.97 Å². The Morgan fingerprint density at radius 1 is 0.960 bits per heavy atom. The van der Waals surface area contributed by atoms with Gasteiger partial charge in [0, 0.05) is 31.3 Å². The number of hydrogen-bond donors (Lipinski definition) is 2. The summed E-state index contributed by atoms with van der Waals surface area (Å²) >= 11 is 0. The Bertz CT molecular complexity index is 751. The molecule has 2 N–H and O–H groups in total. The van der Waals surface area contributed by atoms with Crippen molar-refractivity contribution in [1.29, 1.82) is 0 Å². The van der Waals surface area contributed by atoms with E-state index in [9.17, 15) is 0 Å². The molecule has 2 aromatic rings. The molecule has 0 fully saturated rings. The number of hydrogen-bond acceptors (Lipinski definition) is 5. The first kappa shape index (κ1) is 16.5. The first-order valence-electron chi connectivity index (χ1n) is 9.55. The fourth-order valence-electron chi connectivity index (χ4n) is 4.12. The summed E-state index contributed by atoms with van der Waals surface area (Å²) < 4.78 is 0. The maximum atomic E-state index is 4.79. The molecule has 1 aliphatic carbocycles. The molecule has 1 aliphatic heterocycles. The van der Waals surface area contributed by atoms with E-state index in [0.717, 1.165) is 57.0 Å². The number of anilines is 1. The molecule has 0 saturated heterocycles. The molecule has 2 aliphatic rings. The molecule has 4 rings (SSSR count). The van der Waals surface area contributed by atoms with E-state index in [1.54, 1.807) is 0 Å². The fraction of sp³-hybridized carbons (Fsp3) is 0.632. The molecular formula is C19H28N6. The minimum absolute atomic E-state index is 0.808. The van der Waals surface area contributed by atoms with E-state index in [1.807, 2.05) is 6.92 Å². The smallest absolute Gasteiger partial charge is 0.135 e. The number of aromatic nitrogens is 4. The van der Waals surface area contributed by atoms with Crippen molar-refractivity contribution >= 4 is 5.82 Å². The van der Waals surface area contributed by atoms with Crippen molar-refractivity contribution in [2.75, 3.05) is 25.0 Å². The fourth-order valence-corrected chi connectivity index (χ4v) is 4.12. The van der Waals surface area contributed by atoms with Crippen LogP contribution in [0.2, 0.25) is 0 Å². The largest absolute Gasteiger partial charge is 0.353 e. The van der Waals surface area contributed by atoms with E-state index in [2.05, 4.69) is 27.5 Å².